The first-order valence-corrected chi connectivity index (χ1v) is 5.12. The maximum atomic E-state index is 8.65. The average molecular weight is 240 g/mol. The number of nitrogens with zero attached hydrogens (tertiary/aromatic N) is 1. The molecule has 0 amide bonds. The summed E-state index contributed by atoms with van der Waals surface area (Å²) in [6.07, 6.45) is 0. The lowest BCUT2D eigenvalue weighted by molar-refractivity contribution is 1.30. The van der Waals surface area contributed by atoms with Crippen molar-refractivity contribution in [3.05, 3.63) is 33.3 Å². The monoisotopic (exact) mass is 239 g/mol. The second kappa shape index (κ2) is 5.77. The molecule has 0 aromatic heterocycles. The van der Waals surface area contributed by atoms with Gasteiger partial charge in [-0.15, -0.1) is 0 Å². The minimum Gasteiger partial charge on any atom is -0.192 e. The molecular weight excluding hydrogens is 226 g/mol. The molecule has 0 aliphatic rings. The first-order valence-electron chi connectivity index (χ1n) is 4.32. The molecule has 0 aliphatic heterocycles. The molecule has 2 heteroatoms. The highest BCUT2D eigenvalue weighted by Gasteiger charge is 2.02. The summed E-state index contributed by atoms with van der Waals surface area (Å²) in [5, 5.41) is 8.65. The zero-order chi connectivity index (χ0) is 10.4. The van der Waals surface area contributed by atoms with E-state index in [2.05, 4.69) is 22.0 Å². The van der Waals surface area contributed by atoms with E-state index >= 15 is 0 Å². The summed E-state index contributed by atoms with van der Waals surface area (Å²) in [6.45, 7) is 8.03. The van der Waals surface area contributed by atoms with Gasteiger partial charge in [-0.3, -0.25) is 0 Å². The third-order valence-electron chi connectivity index (χ3n) is 1.78. The van der Waals surface area contributed by atoms with Crippen LogP contribution in [0, 0.1) is 25.2 Å². The first-order chi connectivity index (χ1) is 6.16. The van der Waals surface area contributed by atoms with E-state index in [9.17, 15) is 0 Å². The molecule has 0 saturated carbocycles. The molecule has 13 heavy (non-hydrogen) atoms. The van der Waals surface area contributed by atoms with E-state index < -0.39 is 0 Å². The molecular formula is C11H14BrN. The zero-order valence-electron chi connectivity index (χ0n) is 8.48. The van der Waals surface area contributed by atoms with E-state index in [0.717, 1.165) is 10.0 Å². The summed E-state index contributed by atoms with van der Waals surface area (Å²) in [5.74, 6) is 0. The summed E-state index contributed by atoms with van der Waals surface area (Å²) in [7, 11) is 0. The van der Waals surface area contributed by atoms with Crippen molar-refractivity contribution in [1.29, 1.82) is 5.26 Å². The molecule has 0 unspecified atom stereocenters. The smallest absolute Gasteiger partial charge is 0.100 e. The minimum absolute atomic E-state index is 0.702. The summed E-state index contributed by atoms with van der Waals surface area (Å²) in [4.78, 5) is 0. The van der Waals surface area contributed by atoms with Gasteiger partial charge in [-0.1, -0.05) is 19.9 Å². The van der Waals surface area contributed by atoms with Gasteiger partial charge in [-0.25, -0.2) is 0 Å². The molecule has 0 atom stereocenters. The lowest BCUT2D eigenvalue weighted by atomic mass is 10.1. The van der Waals surface area contributed by atoms with E-state index in [0.29, 0.717) is 5.56 Å². The third-order valence-corrected chi connectivity index (χ3v) is 2.80. The average Bonchev–Trinajstić information content (AvgIpc) is 2.18. The Morgan fingerprint density at radius 3 is 2.23 bits per heavy atom. The highest BCUT2D eigenvalue weighted by Crippen LogP contribution is 2.22. The second-order valence-electron chi connectivity index (χ2n) is 2.48. The van der Waals surface area contributed by atoms with E-state index in [1.54, 1.807) is 0 Å². The molecule has 1 aromatic rings. The van der Waals surface area contributed by atoms with Gasteiger partial charge in [0.05, 0.1) is 5.56 Å². The Morgan fingerprint density at radius 1 is 1.23 bits per heavy atom. The van der Waals surface area contributed by atoms with Crippen molar-refractivity contribution in [3.63, 3.8) is 0 Å². The SMILES string of the molecule is CC.Cc1ccc(C#N)c(Br)c1C. The van der Waals surface area contributed by atoms with Gasteiger partial charge >= 0.3 is 0 Å². The first kappa shape index (κ1) is 12.2. The van der Waals surface area contributed by atoms with Gasteiger partial charge < -0.3 is 0 Å². The lowest BCUT2D eigenvalue weighted by Crippen LogP contribution is -1.85. The largest absolute Gasteiger partial charge is 0.192 e. The predicted molar refractivity (Wildman–Crippen MR) is 59.7 cm³/mol. The molecule has 0 aliphatic carbocycles. The highest BCUT2D eigenvalue weighted by molar-refractivity contribution is 9.10. The minimum atomic E-state index is 0.702. The van der Waals surface area contributed by atoms with Gasteiger partial charge in [0.25, 0.3) is 0 Å². The van der Waals surface area contributed by atoms with Crippen LogP contribution < -0.4 is 0 Å². The number of nitriles is 1. The van der Waals surface area contributed by atoms with Crippen molar-refractivity contribution in [3.8, 4) is 6.07 Å². The van der Waals surface area contributed by atoms with Crippen molar-refractivity contribution < 1.29 is 0 Å². The predicted octanol–water partition coefficient (Wildman–Crippen LogP) is 3.96. The molecule has 0 saturated heterocycles. The Balaban J connectivity index is 0.000000671. The van der Waals surface area contributed by atoms with Crippen molar-refractivity contribution in [2.24, 2.45) is 0 Å². The maximum Gasteiger partial charge on any atom is 0.100 e. The molecule has 0 N–H and O–H groups in total. The van der Waals surface area contributed by atoms with E-state index in [-0.39, 0.29) is 0 Å². The molecule has 0 fully saturated rings. The topological polar surface area (TPSA) is 23.8 Å². The fourth-order valence-electron chi connectivity index (χ4n) is 0.868. The van der Waals surface area contributed by atoms with E-state index in [1.807, 2.05) is 39.8 Å². The summed E-state index contributed by atoms with van der Waals surface area (Å²) in [6, 6.07) is 5.90. The van der Waals surface area contributed by atoms with Crippen molar-refractivity contribution >= 4 is 15.9 Å². The summed E-state index contributed by atoms with van der Waals surface area (Å²) < 4.78 is 0.917. The van der Waals surface area contributed by atoms with E-state index in [4.69, 9.17) is 5.26 Å². The third kappa shape index (κ3) is 2.86. The number of aryl methyl sites for hydroxylation is 1. The molecule has 70 valence electrons. The van der Waals surface area contributed by atoms with Crippen LogP contribution in [0.2, 0.25) is 0 Å². The van der Waals surface area contributed by atoms with Gasteiger partial charge in [0, 0.05) is 4.47 Å². The van der Waals surface area contributed by atoms with E-state index in [1.165, 1.54) is 5.56 Å². The second-order valence-corrected chi connectivity index (χ2v) is 3.27. The Bertz CT molecular complexity index is 324. The van der Waals surface area contributed by atoms with Crippen LogP contribution in [0.1, 0.15) is 30.5 Å². The lowest BCUT2D eigenvalue weighted by Gasteiger charge is -2.02. The number of hydrogen-bond acceptors (Lipinski definition) is 1. The van der Waals surface area contributed by atoms with Crippen LogP contribution in [-0.4, -0.2) is 0 Å². The Labute approximate surface area is 88.5 Å². The van der Waals surface area contributed by atoms with Crippen LogP contribution >= 0.6 is 15.9 Å². The Kier molecular flexibility index (Phi) is 5.41. The van der Waals surface area contributed by atoms with Gasteiger partial charge in [-0.05, 0) is 47.0 Å². The molecule has 1 aromatic carbocycles. The van der Waals surface area contributed by atoms with Gasteiger partial charge in [0.1, 0.15) is 6.07 Å². The Hall–Kier alpha value is -0.810. The van der Waals surface area contributed by atoms with Crippen LogP contribution in [-0.2, 0) is 0 Å². The number of benzene rings is 1. The number of rotatable bonds is 0. The normalized spacial score (nSPS) is 8.31. The van der Waals surface area contributed by atoms with Gasteiger partial charge in [0.15, 0.2) is 0 Å². The summed E-state index contributed by atoms with van der Waals surface area (Å²) >= 11 is 3.37. The van der Waals surface area contributed by atoms with Crippen LogP contribution in [0.4, 0.5) is 0 Å². The fraction of sp³-hybridized carbons (Fsp3) is 0.364. The summed E-state index contributed by atoms with van der Waals surface area (Å²) in [5.41, 5.74) is 3.05. The number of halogens is 1. The maximum absolute atomic E-state index is 8.65. The fourth-order valence-corrected chi connectivity index (χ4v) is 1.40. The number of hydrogen-bond donors (Lipinski definition) is 0. The van der Waals surface area contributed by atoms with Crippen molar-refractivity contribution in [1.82, 2.24) is 0 Å². The molecule has 0 heterocycles. The van der Waals surface area contributed by atoms with Crippen LogP contribution in [0.15, 0.2) is 16.6 Å². The van der Waals surface area contributed by atoms with Crippen molar-refractivity contribution in [2.45, 2.75) is 27.7 Å². The van der Waals surface area contributed by atoms with Crippen LogP contribution in [0.3, 0.4) is 0 Å². The molecule has 1 rings (SSSR count). The molecule has 1 nitrogen and oxygen atoms in total. The standard InChI is InChI=1S/C9H8BrN.C2H6/c1-6-3-4-8(5-11)9(10)7(6)2;1-2/h3-4H,1-2H3;1-2H3. The Morgan fingerprint density at radius 2 is 1.77 bits per heavy atom. The quantitative estimate of drug-likeness (QED) is 0.673. The van der Waals surface area contributed by atoms with Crippen LogP contribution in [0.25, 0.3) is 0 Å². The van der Waals surface area contributed by atoms with Gasteiger partial charge in [0.2, 0.25) is 0 Å². The van der Waals surface area contributed by atoms with Gasteiger partial charge in [-0.2, -0.15) is 5.26 Å². The highest BCUT2D eigenvalue weighted by atomic mass is 79.9. The van der Waals surface area contributed by atoms with Crippen molar-refractivity contribution in [2.75, 3.05) is 0 Å². The zero-order valence-corrected chi connectivity index (χ0v) is 10.1. The molecule has 0 spiro atoms. The van der Waals surface area contributed by atoms with Crippen LogP contribution in [0.5, 0.6) is 0 Å². The molecule has 0 bridgehead atoms. The molecule has 0 radical (unpaired) electrons.